The fourth-order valence-corrected chi connectivity index (χ4v) is 3.93. The van der Waals surface area contributed by atoms with E-state index >= 15 is 0 Å². The summed E-state index contributed by atoms with van der Waals surface area (Å²) in [5, 5.41) is 5.60. The predicted molar refractivity (Wildman–Crippen MR) is 125 cm³/mol. The molecule has 1 aliphatic heterocycles. The molecule has 0 aliphatic carbocycles. The molecule has 0 bridgehead atoms. The van der Waals surface area contributed by atoms with Crippen LogP contribution in [-0.4, -0.2) is 33.4 Å². The number of anilines is 1. The van der Waals surface area contributed by atoms with Crippen LogP contribution in [0.5, 0.6) is 0 Å². The van der Waals surface area contributed by atoms with Crippen molar-refractivity contribution in [2.75, 3.05) is 4.90 Å². The van der Waals surface area contributed by atoms with Gasteiger partial charge in [0.1, 0.15) is 17.9 Å². The Morgan fingerprint density at radius 2 is 1.76 bits per heavy atom. The van der Waals surface area contributed by atoms with Crippen molar-refractivity contribution in [3.8, 4) is 0 Å². The third-order valence-electron chi connectivity index (χ3n) is 5.78. The number of carbonyl (C=O) groups excluding carboxylic acids is 3. The molecular weight excluding hydrogens is 418 g/mol. The number of aryl methyl sites for hydroxylation is 1. The molecule has 0 unspecified atom stereocenters. The Labute approximate surface area is 192 Å². The Kier molecular flexibility index (Phi) is 6.26. The second kappa shape index (κ2) is 9.28. The van der Waals surface area contributed by atoms with Gasteiger partial charge in [0, 0.05) is 19.4 Å². The third kappa shape index (κ3) is 4.64. The Hall–Kier alpha value is -3.94. The van der Waals surface area contributed by atoms with Crippen LogP contribution < -0.4 is 15.5 Å². The molecule has 8 nitrogen and oxygen atoms in total. The van der Waals surface area contributed by atoms with E-state index in [2.05, 4.69) is 29.5 Å². The SMILES string of the molecule is CC(C)c1ccc(N2C(=O)N[C@@H](CC(=O)N[C@@H](c3ccccc3)c3nccn3C)C2=O)cc1. The maximum Gasteiger partial charge on any atom is 0.329 e. The highest BCUT2D eigenvalue weighted by atomic mass is 16.2. The molecule has 3 aromatic rings. The number of aromatic nitrogens is 2. The molecule has 1 saturated heterocycles. The Morgan fingerprint density at radius 1 is 1.06 bits per heavy atom. The number of imide groups is 1. The average molecular weight is 446 g/mol. The van der Waals surface area contributed by atoms with Crippen LogP contribution in [0, 0.1) is 0 Å². The number of nitrogens with zero attached hydrogens (tertiary/aromatic N) is 3. The summed E-state index contributed by atoms with van der Waals surface area (Å²) in [4.78, 5) is 43.9. The molecule has 2 heterocycles. The van der Waals surface area contributed by atoms with Crippen LogP contribution in [0.25, 0.3) is 0 Å². The van der Waals surface area contributed by atoms with Crippen molar-refractivity contribution >= 4 is 23.5 Å². The lowest BCUT2D eigenvalue weighted by molar-refractivity contribution is -0.126. The van der Waals surface area contributed by atoms with Crippen LogP contribution in [0.15, 0.2) is 67.0 Å². The summed E-state index contributed by atoms with van der Waals surface area (Å²) in [5.74, 6) is 0.210. The van der Waals surface area contributed by atoms with Crippen LogP contribution in [0.2, 0.25) is 0 Å². The van der Waals surface area contributed by atoms with Crippen molar-refractivity contribution in [1.82, 2.24) is 20.2 Å². The number of carbonyl (C=O) groups is 3. The van der Waals surface area contributed by atoms with E-state index in [-0.39, 0.29) is 12.3 Å². The minimum Gasteiger partial charge on any atom is -0.342 e. The maximum atomic E-state index is 13.0. The molecule has 2 N–H and O–H groups in total. The predicted octanol–water partition coefficient (Wildman–Crippen LogP) is 3.26. The number of amides is 4. The minimum atomic E-state index is -0.930. The van der Waals surface area contributed by atoms with Gasteiger partial charge in [0.05, 0.1) is 12.1 Å². The zero-order valence-electron chi connectivity index (χ0n) is 18.9. The summed E-state index contributed by atoms with van der Waals surface area (Å²) in [5.41, 5.74) is 2.47. The monoisotopic (exact) mass is 445 g/mol. The number of nitrogens with one attached hydrogen (secondary N) is 2. The topological polar surface area (TPSA) is 96.3 Å². The molecule has 0 radical (unpaired) electrons. The molecule has 1 fully saturated rings. The third-order valence-corrected chi connectivity index (χ3v) is 5.78. The lowest BCUT2D eigenvalue weighted by atomic mass is 10.0. The second-order valence-corrected chi connectivity index (χ2v) is 8.43. The summed E-state index contributed by atoms with van der Waals surface area (Å²) in [6.45, 7) is 4.15. The first-order valence-corrected chi connectivity index (χ1v) is 10.9. The Balaban J connectivity index is 1.48. The van der Waals surface area contributed by atoms with Crippen LogP contribution in [0.1, 0.15) is 49.2 Å². The number of urea groups is 1. The van der Waals surface area contributed by atoms with E-state index in [1.165, 1.54) is 0 Å². The molecular formula is C25H27N5O3. The van der Waals surface area contributed by atoms with Crippen molar-refractivity contribution in [1.29, 1.82) is 0 Å². The number of hydrogen-bond donors (Lipinski definition) is 2. The molecule has 170 valence electrons. The van der Waals surface area contributed by atoms with Gasteiger partial charge in [-0.25, -0.2) is 14.7 Å². The molecule has 33 heavy (non-hydrogen) atoms. The Bertz CT molecular complexity index is 1150. The van der Waals surface area contributed by atoms with E-state index in [1.807, 2.05) is 54.1 Å². The summed E-state index contributed by atoms with van der Waals surface area (Å²) >= 11 is 0. The van der Waals surface area contributed by atoms with Gasteiger partial charge >= 0.3 is 6.03 Å². The molecule has 1 aliphatic rings. The van der Waals surface area contributed by atoms with Crippen LogP contribution in [0.3, 0.4) is 0 Å². The van der Waals surface area contributed by atoms with Gasteiger partial charge in [-0.3, -0.25) is 9.59 Å². The second-order valence-electron chi connectivity index (χ2n) is 8.43. The van der Waals surface area contributed by atoms with E-state index < -0.39 is 24.0 Å². The van der Waals surface area contributed by atoms with Crippen molar-refractivity contribution in [2.45, 2.75) is 38.3 Å². The molecule has 0 spiro atoms. The van der Waals surface area contributed by atoms with E-state index in [0.717, 1.165) is 16.0 Å². The lowest BCUT2D eigenvalue weighted by Gasteiger charge is -2.20. The first-order valence-electron chi connectivity index (χ1n) is 10.9. The first-order chi connectivity index (χ1) is 15.8. The number of benzene rings is 2. The van der Waals surface area contributed by atoms with Gasteiger partial charge in [0.25, 0.3) is 5.91 Å². The normalized spacial score (nSPS) is 16.7. The molecule has 1 aromatic heterocycles. The zero-order chi connectivity index (χ0) is 23.5. The van der Waals surface area contributed by atoms with E-state index in [4.69, 9.17) is 0 Å². The molecule has 2 atom stereocenters. The highest BCUT2D eigenvalue weighted by Crippen LogP contribution is 2.25. The quantitative estimate of drug-likeness (QED) is 0.546. The average Bonchev–Trinajstić information content (AvgIpc) is 3.34. The van der Waals surface area contributed by atoms with Crippen LogP contribution >= 0.6 is 0 Å². The fourth-order valence-electron chi connectivity index (χ4n) is 3.93. The highest BCUT2D eigenvalue weighted by Gasteiger charge is 2.40. The van der Waals surface area contributed by atoms with E-state index in [1.54, 1.807) is 24.5 Å². The molecule has 4 amide bonds. The largest absolute Gasteiger partial charge is 0.342 e. The van der Waals surface area contributed by atoms with Crippen LogP contribution in [0.4, 0.5) is 10.5 Å². The van der Waals surface area contributed by atoms with Gasteiger partial charge in [0.2, 0.25) is 5.91 Å². The zero-order valence-corrected chi connectivity index (χ0v) is 18.9. The summed E-state index contributed by atoms with van der Waals surface area (Å²) in [6, 6.07) is 14.9. The fraction of sp³-hybridized carbons (Fsp3) is 0.280. The van der Waals surface area contributed by atoms with E-state index in [9.17, 15) is 14.4 Å². The van der Waals surface area contributed by atoms with Crippen molar-refractivity contribution in [3.05, 3.63) is 83.9 Å². The number of rotatable bonds is 7. The lowest BCUT2D eigenvalue weighted by Crippen LogP contribution is -2.38. The minimum absolute atomic E-state index is 0.168. The van der Waals surface area contributed by atoms with Gasteiger partial charge in [-0.05, 0) is 29.2 Å². The first kappa shape index (κ1) is 22.3. The summed E-state index contributed by atoms with van der Waals surface area (Å²) in [7, 11) is 1.85. The number of hydrogen-bond acceptors (Lipinski definition) is 4. The standard InChI is InChI=1S/C25H27N5O3/c1-16(2)17-9-11-19(12-10-17)30-24(32)20(27-25(30)33)15-21(31)28-22(18-7-5-4-6-8-18)23-26-13-14-29(23)3/h4-14,16,20,22H,15H2,1-3H3,(H,27,33)(H,28,31)/t20-,22-/m0/s1. The molecule has 8 heteroatoms. The molecule has 2 aromatic carbocycles. The van der Waals surface area contributed by atoms with Gasteiger partial charge in [-0.15, -0.1) is 0 Å². The van der Waals surface area contributed by atoms with Crippen molar-refractivity contribution in [2.24, 2.45) is 7.05 Å². The van der Waals surface area contributed by atoms with Gasteiger partial charge in [-0.2, -0.15) is 0 Å². The summed E-state index contributed by atoms with van der Waals surface area (Å²) in [6.07, 6.45) is 3.31. The van der Waals surface area contributed by atoms with Gasteiger partial charge in [-0.1, -0.05) is 56.3 Å². The van der Waals surface area contributed by atoms with Crippen molar-refractivity contribution in [3.63, 3.8) is 0 Å². The van der Waals surface area contributed by atoms with Crippen LogP contribution in [-0.2, 0) is 16.6 Å². The summed E-state index contributed by atoms with van der Waals surface area (Å²) < 4.78 is 1.84. The number of imidazole rings is 1. The molecule has 0 saturated carbocycles. The van der Waals surface area contributed by atoms with E-state index in [0.29, 0.717) is 17.4 Å². The Morgan fingerprint density at radius 3 is 2.36 bits per heavy atom. The van der Waals surface area contributed by atoms with Gasteiger partial charge < -0.3 is 15.2 Å². The molecule has 4 rings (SSSR count). The highest BCUT2D eigenvalue weighted by molar-refractivity contribution is 6.22. The van der Waals surface area contributed by atoms with Gasteiger partial charge in [0.15, 0.2) is 0 Å². The maximum absolute atomic E-state index is 13.0. The van der Waals surface area contributed by atoms with Crippen molar-refractivity contribution < 1.29 is 14.4 Å². The smallest absolute Gasteiger partial charge is 0.329 e.